The molecule has 214 valence electrons. The molecule has 2 atom stereocenters. The maximum absolute atomic E-state index is 14.1. The van der Waals surface area contributed by atoms with E-state index in [-0.39, 0.29) is 12.5 Å². The second-order valence-electron chi connectivity index (χ2n) is 11.2. The van der Waals surface area contributed by atoms with Gasteiger partial charge in [-0.1, -0.05) is 30.3 Å². The Bertz CT molecular complexity index is 1520. The lowest BCUT2D eigenvalue weighted by atomic mass is 9.99. The van der Waals surface area contributed by atoms with Crippen molar-refractivity contribution in [3.05, 3.63) is 71.3 Å². The second-order valence-corrected chi connectivity index (χ2v) is 11.2. The summed E-state index contributed by atoms with van der Waals surface area (Å²) in [4.78, 5) is 42.9. The van der Waals surface area contributed by atoms with Crippen LogP contribution in [0.3, 0.4) is 0 Å². The van der Waals surface area contributed by atoms with Gasteiger partial charge in [0.1, 0.15) is 23.4 Å². The number of benzene rings is 3. The van der Waals surface area contributed by atoms with Crippen molar-refractivity contribution in [3.8, 4) is 11.8 Å². The Balaban J connectivity index is 1.67. The Labute approximate surface area is 240 Å². The Kier molecular flexibility index (Phi) is 8.52. The fraction of sp³-hybridized carbons (Fsp3) is 0.375. The molecule has 0 unspecified atom stereocenters. The molecule has 9 heteroatoms. The third-order valence-electron chi connectivity index (χ3n) is 7.29. The summed E-state index contributed by atoms with van der Waals surface area (Å²) in [6.45, 7) is 7.04. The van der Waals surface area contributed by atoms with Gasteiger partial charge in [0.15, 0.2) is 0 Å². The predicted octanol–water partition coefficient (Wildman–Crippen LogP) is 4.94. The minimum atomic E-state index is -0.862. The molecular weight excluding hydrogens is 520 g/mol. The Morgan fingerprint density at radius 1 is 1.12 bits per heavy atom. The molecule has 1 N–H and O–H groups in total. The molecule has 3 amide bonds. The molecule has 1 aliphatic heterocycles. The number of nitriles is 1. The van der Waals surface area contributed by atoms with E-state index in [0.29, 0.717) is 24.2 Å². The zero-order valence-corrected chi connectivity index (χ0v) is 24.4. The summed E-state index contributed by atoms with van der Waals surface area (Å²) in [5.41, 5.74) is 2.32. The number of methoxy groups -OCH3 is 1. The van der Waals surface area contributed by atoms with Crippen molar-refractivity contribution in [2.24, 2.45) is 0 Å². The van der Waals surface area contributed by atoms with Gasteiger partial charge in [-0.25, -0.2) is 4.79 Å². The van der Waals surface area contributed by atoms with E-state index in [2.05, 4.69) is 11.4 Å². The molecule has 0 spiro atoms. The summed E-state index contributed by atoms with van der Waals surface area (Å²) in [7, 11) is 3.07. The highest BCUT2D eigenvalue weighted by atomic mass is 16.6. The van der Waals surface area contributed by atoms with Crippen molar-refractivity contribution < 1.29 is 23.9 Å². The molecule has 41 heavy (non-hydrogen) atoms. The molecule has 0 fully saturated rings. The molecule has 3 aromatic carbocycles. The van der Waals surface area contributed by atoms with Crippen LogP contribution in [0.1, 0.15) is 50.8 Å². The fourth-order valence-corrected chi connectivity index (χ4v) is 4.98. The normalized spacial score (nSPS) is 15.8. The number of nitrogens with zero attached hydrogens (tertiary/aromatic N) is 3. The maximum Gasteiger partial charge on any atom is 0.410 e. The minimum Gasteiger partial charge on any atom is -0.496 e. The van der Waals surface area contributed by atoms with Crippen LogP contribution < -0.4 is 15.0 Å². The monoisotopic (exact) mass is 556 g/mol. The topological polar surface area (TPSA) is 112 Å². The Hall–Kier alpha value is -4.58. The molecule has 1 aliphatic rings. The molecule has 0 saturated carbocycles. The molecule has 1 heterocycles. The minimum absolute atomic E-state index is 0.172. The van der Waals surface area contributed by atoms with Crippen LogP contribution in [-0.2, 0) is 27.3 Å². The van der Waals surface area contributed by atoms with Crippen LogP contribution in [0.5, 0.6) is 5.75 Å². The second kappa shape index (κ2) is 11.9. The van der Waals surface area contributed by atoms with Gasteiger partial charge in [-0.2, -0.15) is 5.26 Å². The zero-order chi connectivity index (χ0) is 29.9. The molecule has 4 rings (SSSR count). The predicted molar refractivity (Wildman–Crippen MR) is 157 cm³/mol. The van der Waals surface area contributed by atoms with E-state index in [1.165, 1.54) is 11.9 Å². The van der Waals surface area contributed by atoms with Crippen molar-refractivity contribution in [2.75, 3.05) is 19.1 Å². The van der Waals surface area contributed by atoms with Crippen LogP contribution in [0.25, 0.3) is 10.8 Å². The summed E-state index contributed by atoms with van der Waals surface area (Å²) >= 11 is 0. The molecule has 9 nitrogen and oxygen atoms in total. The fourth-order valence-electron chi connectivity index (χ4n) is 4.98. The highest BCUT2D eigenvalue weighted by molar-refractivity contribution is 6.02. The third-order valence-corrected chi connectivity index (χ3v) is 7.29. The molecule has 0 aliphatic carbocycles. The average Bonchev–Trinajstić information content (AvgIpc) is 3.07. The summed E-state index contributed by atoms with van der Waals surface area (Å²) in [5.74, 6) is -0.134. The molecule has 0 saturated heterocycles. The van der Waals surface area contributed by atoms with Gasteiger partial charge < -0.3 is 19.7 Å². The first-order valence-electron chi connectivity index (χ1n) is 13.6. The standard InChI is InChI=1S/C32H36N4O5/c1-20(35(5)31(39)41-32(2,3)4)29(37)34-26-16-14-21-10-7-8-13-27(21)36(30(26)38)19-25-24-12-9-11-22(18-33)23(24)15-17-28(25)40-6/h7-13,15,17,20,26H,14,16,19H2,1-6H3,(H,34,37)/t20-,26-/m0/s1. The number of carbonyl (C=O) groups is 3. The van der Waals surface area contributed by atoms with E-state index in [0.717, 1.165) is 27.6 Å². The first kappa shape index (κ1) is 29.4. The first-order valence-corrected chi connectivity index (χ1v) is 13.6. The average molecular weight is 557 g/mol. The number of likely N-dealkylation sites (N-methyl/N-ethyl adjacent to an activating group) is 1. The smallest absolute Gasteiger partial charge is 0.410 e. The molecule has 0 bridgehead atoms. The summed E-state index contributed by atoms with van der Waals surface area (Å²) in [6.07, 6.45) is 0.345. The van der Waals surface area contributed by atoms with Gasteiger partial charge in [-0.05, 0) is 75.8 Å². The van der Waals surface area contributed by atoms with Crippen molar-refractivity contribution >= 4 is 34.4 Å². The number of hydrogen-bond acceptors (Lipinski definition) is 6. The lowest BCUT2D eigenvalue weighted by molar-refractivity contribution is -0.130. The van der Waals surface area contributed by atoms with Crippen LogP contribution in [0.15, 0.2) is 54.6 Å². The van der Waals surface area contributed by atoms with E-state index in [1.54, 1.807) is 51.8 Å². The molecule has 0 radical (unpaired) electrons. The number of anilines is 1. The number of fused-ring (bicyclic) bond motifs is 2. The van der Waals surface area contributed by atoms with Gasteiger partial charge in [0, 0.05) is 23.7 Å². The largest absolute Gasteiger partial charge is 0.496 e. The number of nitrogens with one attached hydrogen (secondary N) is 1. The molecule has 0 aromatic heterocycles. The van der Waals surface area contributed by atoms with Crippen molar-refractivity contribution in [1.29, 1.82) is 5.26 Å². The third kappa shape index (κ3) is 6.27. The molecule has 3 aromatic rings. The van der Waals surface area contributed by atoms with Crippen LogP contribution >= 0.6 is 0 Å². The summed E-state index contributed by atoms with van der Waals surface area (Å²) < 4.78 is 11.1. The number of amides is 3. The first-order chi connectivity index (χ1) is 19.4. The lowest BCUT2D eigenvalue weighted by Gasteiger charge is -2.30. The van der Waals surface area contributed by atoms with Gasteiger partial charge in [0.2, 0.25) is 11.8 Å². The number of ether oxygens (including phenoxy) is 2. The Morgan fingerprint density at radius 2 is 1.85 bits per heavy atom. The lowest BCUT2D eigenvalue weighted by Crippen LogP contribution is -2.54. The number of para-hydroxylation sites is 1. The van der Waals surface area contributed by atoms with Crippen LogP contribution in [-0.4, -0.2) is 54.6 Å². The van der Waals surface area contributed by atoms with Crippen LogP contribution in [0.2, 0.25) is 0 Å². The van der Waals surface area contributed by atoms with Crippen molar-refractivity contribution in [1.82, 2.24) is 10.2 Å². The van der Waals surface area contributed by atoms with Gasteiger partial charge in [-0.3, -0.25) is 14.5 Å². The SMILES string of the molecule is COc1ccc2c(C#N)cccc2c1CN1C(=O)[C@@H](NC(=O)[C@H](C)N(C)C(=O)OC(C)(C)C)CCc2ccccc21. The van der Waals surface area contributed by atoms with Crippen molar-refractivity contribution in [2.45, 2.75) is 64.8 Å². The highest BCUT2D eigenvalue weighted by Crippen LogP contribution is 2.35. The van der Waals surface area contributed by atoms with E-state index in [4.69, 9.17) is 9.47 Å². The number of hydrogen-bond donors (Lipinski definition) is 1. The summed E-state index contributed by atoms with van der Waals surface area (Å²) in [5, 5.41) is 14.1. The van der Waals surface area contributed by atoms with E-state index >= 15 is 0 Å². The number of carbonyl (C=O) groups excluding carboxylic acids is 3. The van der Waals surface area contributed by atoms with E-state index < -0.39 is 29.7 Å². The Morgan fingerprint density at radius 3 is 2.54 bits per heavy atom. The van der Waals surface area contributed by atoms with Crippen LogP contribution in [0, 0.1) is 11.3 Å². The zero-order valence-electron chi connectivity index (χ0n) is 24.4. The van der Waals surface area contributed by atoms with Gasteiger partial charge in [0.05, 0.1) is 25.3 Å². The van der Waals surface area contributed by atoms with E-state index in [1.807, 2.05) is 42.5 Å². The molecular formula is C32H36N4O5. The number of aryl methyl sites for hydroxylation is 1. The van der Waals surface area contributed by atoms with Gasteiger partial charge >= 0.3 is 6.09 Å². The van der Waals surface area contributed by atoms with Gasteiger partial charge in [0.25, 0.3) is 0 Å². The summed E-state index contributed by atoms with van der Waals surface area (Å²) in [6, 6.07) is 17.4. The van der Waals surface area contributed by atoms with E-state index in [9.17, 15) is 19.6 Å². The van der Waals surface area contributed by atoms with Crippen LogP contribution in [0.4, 0.5) is 10.5 Å². The number of rotatable bonds is 6. The van der Waals surface area contributed by atoms with Crippen molar-refractivity contribution in [3.63, 3.8) is 0 Å². The maximum atomic E-state index is 14.1. The highest BCUT2D eigenvalue weighted by Gasteiger charge is 2.35. The quantitative estimate of drug-likeness (QED) is 0.460. The van der Waals surface area contributed by atoms with Gasteiger partial charge in [-0.15, -0.1) is 0 Å².